The van der Waals surface area contributed by atoms with Gasteiger partial charge in [-0.05, 0) is 13.8 Å². The van der Waals surface area contributed by atoms with Gasteiger partial charge in [-0.25, -0.2) is 0 Å². The standard InChI is InChI=1S/C20H21NO2/c1-15(2)21-14-18(20(23)17-11-7-4-8-12-17)13-19(22)16-9-5-3-6-10-16/h3-12,14-15,21H,13H2,1-2H3/b18-14-. The van der Waals surface area contributed by atoms with Crippen molar-refractivity contribution in [1.82, 2.24) is 5.32 Å². The lowest BCUT2D eigenvalue weighted by Crippen LogP contribution is -2.19. The van der Waals surface area contributed by atoms with Gasteiger partial charge in [0.2, 0.25) is 0 Å². The van der Waals surface area contributed by atoms with Crippen LogP contribution < -0.4 is 5.32 Å². The molecule has 2 rings (SSSR count). The molecule has 2 aromatic rings. The van der Waals surface area contributed by atoms with Gasteiger partial charge in [0.25, 0.3) is 0 Å². The topological polar surface area (TPSA) is 46.2 Å². The quantitative estimate of drug-likeness (QED) is 0.620. The first kappa shape index (κ1) is 16.7. The molecule has 0 unspecified atom stereocenters. The van der Waals surface area contributed by atoms with Crippen molar-refractivity contribution < 1.29 is 9.59 Å². The van der Waals surface area contributed by atoms with Gasteiger partial charge in [-0.2, -0.15) is 0 Å². The van der Waals surface area contributed by atoms with Crippen LogP contribution >= 0.6 is 0 Å². The number of carbonyl (C=O) groups is 2. The molecular formula is C20H21NO2. The first-order valence-electron chi connectivity index (χ1n) is 7.71. The number of allylic oxidation sites excluding steroid dienone is 1. The van der Waals surface area contributed by atoms with E-state index in [-0.39, 0.29) is 24.0 Å². The van der Waals surface area contributed by atoms with Crippen molar-refractivity contribution >= 4 is 11.6 Å². The zero-order chi connectivity index (χ0) is 16.7. The first-order valence-corrected chi connectivity index (χ1v) is 7.71. The maximum Gasteiger partial charge on any atom is 0.190 e. The number of hydrogen-bond donors (Lipinski definition) is 1. The van der Waals surface area contributed by atoms with E-state index in [9.17, 15) is 9.59 Å². The highest BCUT2D eigenvalue weighted by atomic mass is 16.1. The molecule has 2 aromatic carbocycles. The Balaban J connectivity index is 2.23. The molecule has 118 valence electrons. The van der Waals surface area contributed by atoms with Crippen molar-refractivity contribution in [2.45, 2.75) is 26.3 Å². The van der Waals surface area contributed by atoms with Crippen LogP contribution in [-0.2, 0) is 0 Å². The van der Waals surface area contributed by atoms with E-state index in [1.54, 1.807) is 30.5 Å². The molecule has 0 aliphatic carbocycles. The average molecular weight is 307 g/mol. The molecule has 0 aliphatic rings. The monoisotopic (exact) mass is 307 g/mol. The molecule has 0 heterocycles. The predicted octanol–water partition coefficient (Wildman–Crippen LogP) is 4.02. The van der Waals surface area contributed by atoms with Gasteiger partial charge in [0.15, 0.2) is 11.6 Å². The Morgan fingerprint density at radius 2 is 1.43 bits per heavy atom. The SMILES string of the molecule is CC(C)N/C=C(/CC(=O)c1ccccc1)C(=O)c1ccccc1. The van der Waals surface area contributed by atoms with E-state index < -0.39 is 0 Å². The number of carbonyl (C=O) groups excluding carboxylic acids is 2. The fourth-order valence-corrected chi connectivity index (χ4v) is 2.14. The zero-order valence-electron chi connectivity index (χ0n) is 13.5. The van der Waals surface area contributed by atoms with Gasteiger partial charge in [-0.3, -0.25) is 9.59 Å². The highest BCUT2D eigenvalue weighted by molar-refractivity contribution is 6.13. The highest BCUT2D eigenvalue weighted by Gasteiger charge is 2.17. The number of Topliss-reactive ketones (excluding diaryl/α,β-unsaturated/α-hetero) is 2. The fraction of sp³-hybridized carbons (Fsp3) is 0.200. The molecule has 0 atom stereocenters. The summed E-state index contributed by atoms with van der Waals surface area (Å²) in [4.78, 5) is 25.1. The molecule has 0 radical (unpaired) electrons. The van der Waals surface area contributed by atoms with Gasteiger partial charge >= 0.3 is 0 Å². The molecule has 0 amide bonds. The maximum absolute atomic E-state index is 12.7. The van der Waals surface area contributed by atoms with Crippen LogP contribution in [0.3, 0.4) is 0 Å². The molecule has 23 heavy (non-hydrogen) atoms. The molecule has 0 saturated carbocycles. The van der Waals surface area contributed by atoms with Gasteiger partial charge in [-0.1, -0.05) is 60.7 Å². The van der Waals surface area contributed by atoms with Crippen LogP contribution in [0.4, 0.5) is 0 Å². The summed E-state index contributed by atoms with van der Waals surface area (Å²) in [5, 5.41) is 3.12. The average Bonchev–Trinajstić information content (AvgIpc) is 2.59. The van der Waals surface area contributed by atoms with Gasteiger partial charge in [0.1, 0.15) is 0 Å². The summed E-state index contributed by atoms with van der Waals surface area (Å²) < 4.78 is 0. The van der Waals surface area contributed by atoms with Crippen molar-refractivity contribution in [2.75, 3.05) is 0 Å². The number of hydrogen-bond acceptors (Lipinski definition) is 3. The van der Waals surface area contributed by atoms with Crippen LogP contribution in [-0.4, -0.2) is 17.6 Å². The van der Waals surface area contributed by atoms with E-state index in [0.717, 1.165) is 0 Å². The van der Waals surface area contributed by atoms with Gasteiger partial charge in [-0.15, -0.1) is 0 Å². The van der Waals surface area contributed by atoms with Crippen LogP contribution in [0.25, 0.3) is 0 Å². The first-order chi connectivity index (χ1) is 11.1. The Morgan fingerprint density at radius 1 is 0.913 bits per heavy atom. The summed E-state index contributed by atoms with van der Waals surface area (Å²) in [6, 6.07) is 18.3. The van der Waals surface area contributed by atoms with E-state index in [1.807, 2.05) is 50.2 Å². The minimum absolute atomic E-state index is 0.0633. The lowest BCUT2D eigenvalue weighted by molar-refractivity contribution is 0.0959. The van der Waals surface area contributed by atoms with Crippen molar-refractivity contribution in [2.24, 2.45) is 0 Å². The Hall–Kier alpha value is -2.68. The molecule has 0 aromatic heterocycles. The van der Waals surface area contributed by atoms with Crippen molar-refractivity contribution in [3.05, 3.63) is 83.6 Å². The number of benzene rings is 2. The summed E-state index contributed by atoms with van der Waals surface area (Å²) in [5.74, 6) is -0.185. The number of nitrogens with one attached hydrogen (secondary N) is 1. The lowest BCUT2D eigenvalue weighted by Gasteiger charge is -2.10. The van der Waals surface area contributed by atoms with Gasteiger partial charge in [0.05, 0.1) is 0 Å². The summed E-state index contributed by atoms with van der Waals surface area (Å²) in [6.07, 6.45) is 1.75. The van der Waals surface area contributed by atoms with Crippen LogP contribution in [0, 0.1) is 0 Å². The van der Waals surface area contributed by atoms with E-state index in [2.05, 4.69) is 5.32 Å². The highest BCUT2D eigenvalue weighted by Crippen LogP contribution is 2.15. The van der Waals surface area contributed by atoms with Crippen LogP contribution in [0.5, 0.6) is 0 Å². The summed E-state index contributed by atoms with van der Waals surface area (Å²) in [5.41, 5.74) is 1.67. The fourth-order valence-electron chi connectivity index (χ4n) is 2.14. The van der Waals surface area contributed by atoms with Crippen molar-refractivity contribution in [3.63, 3.8) is 0 Å². The van der Waals surface area contributed by atoms with Crippen molar-refractivity contribution in [3.8, 4) is 0 Å². The Morgan fingerprint density at radius 3 is 1.96 bits per heavy atom. The smallest absolute Gasteiger partial charge is 0.190 e. The van der Waals surface area contributed by atoms with E-state index in [1.165, 1.54) is 0 Å². The molecule has 0 saturated heterocycles. The van der Waals surface area contributed by atoms with Crippen molar-refractivity contribution in [1.29, 1.82) is 0 Å². The van der Waals surface area contributed by atoms with E-state index in [4.69, 9.17) is 0 Å². The molecule has 0 aliphatic heterocycles. The van der Waals surface area contributed by atoms with Crippen LogP contribution in [0.1, 0.15) is 41.0 Å². The molecular weight excluding hydrogens is 286 g/mol. The largest absolute Gasteiger partial charge is 0.388 e. The van der Waals surface area contributed by atoms with E-state index in [0.29, 0.717) is 16.7 Å². The Labute approximate surface area is 137 Å². The molecule has 0 fully saturated rings. The molecule has 3 heteroatoms. The second-order valence-corrected chi connectivity index (χ2v) is 5.65. The third-order valence-corrected chi connectivity index (χ3v) is 3.37. The minimum atomic E-state index is -0.122. The summed E-state index contributed by atoms with van der Waals surface area (Å²) >= 11 is 0. The minimum Gasteiger partial charge on any atom is -0.388 e. The molecule has 0 bridgehead atoms. The maximum atomic E-state index is 12.7. The number of ketones is 2. The van der Waals surface area contributed by atoms with Gasteiger partial charge in [0, 0.05) is 35.4 Å². The Kier molecular flexibility index (Phi) is 5.87. The zero-order valence-corrected chi connectivity index (χ0v) is 13.5. The Bertz CT molecular complexity index is 688. The summed E-state index contributed by atoms with van der Waals surface area (Å²) in [6.45, 7) is 3.97. The lowest BCUT2D eigenvalue weighted by atomic mass is 9.97. The normalized spacial score (nSPS) is 11.3. The van der Waals surface area contributed by atoms with Crippen LogP contribution in [0.15, 0.2) is 72.4 Å². The number of rotatable bonds is 7. The van der Waals surface area contributed by atoms with E-state index >= 15 is 0 Å². The third kappa shape index (κ3) is 4.92. The van der Waals surface area contributed by atoms with Gasteiger partial charge < -0.3 is 5.32 Å². The second-order valence-electron chi connectivity index (χ2n) is 5.65. The molecule has 3 nitrogen and oxygen atoms in total. The second kappa shape index (κ2) is 8.08. The summed E-state index contributed by atoms with van der Waals surface area (Å²) in [7, 11) is 0. The molecule has 1 N–H and O–H groups in total. The van der Waals surface area contributed by atoms with Crippen LogP contribution in [0.2, 0.25) is 0 Å². The predicted molar refractivity (Wildman–Crippen MR) is 92.5 cm³/mol. The molecule has 0 spiro atoms. The third-order valence-electron chi connectivity index (χ3n) is 3.37.